The molecule has 0 spiro atoms. The molecular weight excluding hydrogens is 526 g/mol. The lowest BCUT2D eigenvalue weighted by Crippen LogP contribution is -1.93. The lowest BCUT2D eigenvalue weighted by atomic mass is 10.0. The van der Waals surface area contributed by atoms with Crippen molar-refractivity contribution >= 4 is 21.8 Å². The molecule has 0 unspecified atom stereocenters. The maximum Gasteiger partial charge on any atom is 0.0717 e. The van der Waals surface area contributed by atoms with Gasteiger partial charge in [-0.25, -0.2) is 0 Å². The maximum atomic E-state index is 4.75. The molecule has 5 nitrogen and oxygen atoms in total. The average Bonchev–Trinajstić information content (AvgIpc) is 3.42. The molecule has 0 aliphatic heterocycles. The molecule has 0 aliphatic rings. The quantitative estimate of drug-likeness (QED) is 0.214. The fraction of sp³-hybridized carbons (Fsp3) is 0. The third-order valence-corrected chi connectivity index (χ3v) is 7.89. The molecule has 0 saturated carbocycles. The Bertz CT molecular complexity index is 2050. The summed E-state index contributed by atoms with van der Waals surface area (Å²) in [5.74, 6) is 0. The second kappa shape index (κ2) is 10.5. The molecular formula is C38H25N5. The Labute approximate surface area is 248 Å². The number of hydrogen-bond donors (Lipinski definition) is 0. The normalized spacial score (nSPS) is 11.3. The molecule has 0 atom stereocenters. The molecule has 5 aromatic heterocycles. The zero-order valence-electron chi connectivity index (χ0n) is 23.2. The van der Waals surface area contributed by atoms with Gasteiger partial charge >= 0.3 is 0 Å². The largest absolute Gasteiger partial charge is 0.309 e. The molecule has 8 rings (SSSR count). The standard InChI is InChI=1S/C38H25N5/c1-2-8-32(9-3-1)43-37-16-12-26(28-10-14-35(41-24-28)30-6-4-18-39-22-30)20-33(37)34-21-27(13-17-38(34)43)29-11-15-36(42-25-29)31-7-5-19-40-23-31/h1-25H. The second-order valence-electron chi connectivity index (χ2n) is 10.5. The predicted molar refractivity (Wildman–Crippen MR) is 174 cm³/mol. The number of hydrogen-bond acceptors (Lipinski definition) is 4. The van der Waals surface area contributed by atoms with Crippen LogP contribution in [0.2, 0.25) is 0 Å². The summed E-state index contributed by atoms with van der Waals surface area (Å²) in [7, 11) is 0. The average molecular weight is 552 g/mol. The van der Waals surface area contributed by atoms with Crippen LogP contribution >= 0.6 is 0 Å². The molecule has 0 aliphatic carbocycles. The van der Waals surface area contributed by atoms with Gasteiger partial charge in [0.2, 0.25) is 0 Å². The van der Waals surface area contributed by atoms with Crippen LogP contribution in [0.1, 0.15) is 0 Å². The van der Waals surface area contributed by atoms with E-state index in [1.807, 2.05) is 49.1 Å². The molecule has 5 heteroatoms. The van der Waals surface area contributed by atoms with Crippen molar-refractivity contribution in [3.63, 3.8) is 0 Å². The second-order valence-corrected chi connectivity index (χ2v) is 10.5. The van der Waals surface area contributed by atoms with E-state index in [4.69, 9.17) is 9.97 Å². The van der Waals surface area contributed by atoms with Crippen molar-refractivity contribution in [1.82, 2.24) is 24.5 Å². The molecule has 43 heavy (non-hydrogen) atoms. The fourth-order valence-corrected chi connectivity index (χ4v) is 5.74. The Kier molecular flexibility index (Phi) is 6.05. The molecule has 0 fully saturated rings. The fourth-order valence-electron chi connectivity index (χ4n) is 5.74. The van der Waals surface area contributed by atoms with Crippen LogP contribution in [-0.2, 0) is 0 Å². The Hall–Kier alpha value is -5.94. The van der Waals surface area contributed by atoms with E-state index in [0.29, 0.717) is 0 Å². The molecule has 0 radical (unpaired) electrons. The van der Waals surface area contributed by atoms with Crippen LogP contribution in [0, 0.1) is 0 Å². The summed E-state index contributed by atoms with van der Waals surface area (Å²) < 4.78 is 2.34. The van der Waals surface area contributed by atoms with Gasteiger partial charge in [0.15, 0.2) is 0 Å². The lowest BCUT2D eigenvalue weighted by Gasteiger charge is -2.09. The van der Waals surface area contributed by atoms with Crippen LogP contribution in [-0.4, -0.2) is 24.5 Å². The van der Waals surface area contributed by atoms with Crippen LogP contribution in [0.25, 0.3) is 72.3 Å². The number of para-hydroxylation sites is 1. The van der Waals surface area contributed by atoms with Crippen LogP contribution in [0.5, 0.6) is 0 Å². The van der Waals surface area contributed by atoms with E-state index in [2.05, 4.69) is 106 Å². The highest BCUT2D eigenvalue weighted by Crippen LogP contribution is 2.37. The van der Waals surface area contributed by atoms with Gasteiger partial charge in [-0.2, -0.15) is 0 Å². The third-order valence-electron chi connectivity index (χ3n) is 7.89. The SMILES string of the molecule is c1ccc(-n2c3ccc(-c4ccc(-c5cccnc5)nc4)cc3c3cc(-c4ccc(-c5cccnc5)nc4)ccc32)cc1. The monoisotopic (exact) mass is 551 g/mol. The Balaban J connectivity index is 1.25. The zero-order valence-corrected chi connectivity index (χ0v) is 23.2. The van der Waals surface area contributed by atoms with E-state index in [0.717, 1.165) is 61.5 Å². The van der Waals surface area contributed by atoms with Crippen molar-refractivity contribution in [2.24, 2.45) is 0 Å². The first kappa shape index (κ1) is 24.8. The minimum absolute atomic E-state index is 0.909. The summed E-state index contributed by atoms with van der Waals surface area (Å²) in [5, 5.41) is 2.38. The van der Waals surface area contributed by atoms with Gasteiger partial charge in [0.1, 0.15) is 0 Å². The first-order valence-corrected chi connectivity index (χ1v) is 14.2. The summed E-state index contributed by atoms with van der Waals surface area (Å²) in [6.45, 7) is 0. The van der Waals surface area contributed by atoms with Crippen LogP contribution in [0.15, 0.2) is 152 Å². The first-order valence-electron chi connectivity index (χ1n) is 14.2. The van der Waals surface area contributed by atoms with Gasteiger partial charge in [-0.3, -0.25) is 19.9 Å². The van der Waals surface area contributed by atoms with Crippen LogP contribution in [0.3, 0.4) is 0 Å². The van der Waals surface area contributed by atoms with Gasteiger partial charge in [0, 0.05) is 75.9 Å². The van der Waals surface area contributed by atoms with E-state index in [9.17, 15) is 0 Å². The number of nitrogens with zero attached hydrogens (tertiary/aromatic N) is 5. The predicted octanol–water partition coefficient (Wildman–Crippen LogP) is 9.03. The van der Waals surface area contributed by atoms with Crippen molar-refractivity contribution in [1.29, 1.82) is 0 Å². The van der Waals surface area contributed by atoms with Crippen LogP contribution in [0.4, 0.5) is 0 Å². The molecule has 0 saturated heterocycles. The molecule has 3 aromatic carbocycles. The molecule has 0 amide bonds. The summed E-state index contributed by atoms with van der Waals surface area (Å²) in [6, 6.07) is 40.2. The number of aromatic nitrogens is 5. The van der Waals surface area contributed by atoms with E-state index in [1.165, 1.54) is 10.8 Å². The van der Waals surface area contributed by atoms with Crippen LogP contribution < -0.4 is 0 Å². The topological polar surface area (TPSA) is 56.5 Å². The van der Waals surface area contributed by atoms with Gasteiger partial charge in [0.25, 0.3) is 0 Å². The third kappa shape index (κ3) is 4.53. The van der Waals surface area contributed by atoms with E-state index in [1.54, 1.807) is 12.4 Å². The van der Waals surface area contributed by atoms with Gasteiger partial charge < -0.3 is 4.57 Å². The molecule has 0 bridgehead atoms. The highest BCUT2D eigenvalue weighted by Gasteiger charge is 2.15. The van der Waals surface area contributed by atoms with E-state index >= 15 is 0 Å². The van der Waals surface area contributed by atoms with Crippen molar-refractivity contribution in [3.05, 3.63) is 152 Å². The molecule has 5 heterocycles. The van der Waals surface area contributed by atoms with Gasteiger partial charge in [-0.15, -0.1) is 0 Å². The van der Waals surface area contributed by atoms with Gasteiger partial charge in [-0.1, -0.05) is 42.5 Å². The lowest BCUT2D eigenvalue weighted by molar-refractivity contribution is 1.18. The highest BCUT2D eigenvalue weighted by atomic mass is 15.0. The minimum Gasteiger partial charge on any atom is -0.309 e. The smallest absolute Gasteiger partial charge is 0.0717 e. The van der Waals surface area contributed by atoms with Crippen molar-refractivity contribution in [2.45, 2.75) is 0 Å². The molecule has 0 N–H and O–H groups in total. The summed E-state index contributed by atoms with van der Waals surface area (Å²) in [5.41, 5.74) is 11.7. The summed E-state index contributed by atoms with van der Waals surface area (Å²) in [4.78, 5) is 18.0. The zero-order chi connectivity index (χ0) is 28.6. The number of benzene rings is 3. The van der Waals surface area contributed by atoms with Gasteiger partial charge in [-0.05, 0) is 83.9 Å². The number of rotatable bonds is 5. The summed E-state index contributed by atoms with van der Waals surface area (Å²) in [6.07, 6.45) is 11.1. The Morgan fingerprint density at radius 2 is 0.907 bits per heavy atom. The first-order chi connectivity index (χ1) is 21.3. The highest BCUT2D eigenvalue weighted by molar-refractivity contribution is 6.11. The minimum atomic E-state index is 0.909. The van der Waals surface area contributed by atoms with Gasteiger partial charge in [0.05, 0.1) is 22.4 Å². The number of fused-ring (bicyclic) bond motifs is 3. The molecule has 8 aromatic rings. The Morgan fingerprint density at radius 1 is 0.395 bits per heavy atom. The Morgan fingerprint density at radius 3 is 1.35 bits per heavy atom. The number of pyridine rings is 4. The maximum absolute atomic E-state index is 4.75. The molecule has 202 valence electrons. The van der Waals surface area contributed by atoms with Crippen molar-refractivity contribution in [2.75, 3.05) is 0 Å². The van der Waals surface area contributed by atoms with E-state index in [-0.39, 0.29) is 0 Å². The van der Waals surface area contributed by atoms with E-state index < -0.39 is 0 Å². The van der Waals surface area contributed by atoms with Crippen molar-refractivity contribution in [3.8, 4) is 50.5 Å². The summed E-state index contributed by atoms with van der Waals surface area (Å²) >= 11 is 0. The van der Waals surface area contributed by atoms with Crippen molar-refractivity contribution < 1.29 is 0 Å².